The van der Waals surface area contributed by atoms with Crippen molar-refractivity contribution >= 4 is 0 Å². The van der Waals surface area contributed by atoms with Crippen LogP contribution in [0.3, 0.4) is 0 Å². The quantitative estimate of drug-likeness (QED) is 0.0728. The Morgan fingerprint density at radius 2 is 0.580 bits per heavy atom. The summed E-state index contributed by atoms with van der Waals surface area (Å²) in [7, 11) is 0. The van der Waals surface area contributed by atoms with Crippen LogP contribution in [0.15, 0.2) is 109 Å². The van der Waals surface area contributed by atoms with E-state index < -0.39 is 0 Å². The highest BCUT2D eigenvalue weighted by Gasteiger charge is 2.15. The van der Waals surface area contributed by atoms with E-state index in [1.165, 1.54) is 144 Å². The van der Waals surface area contributed by atoms with Gasteiger partial charge in [-0.1, -0.05) is 201 Å². The summed E-state index contributed by atoms with van der Waals surface area (Å²) < 4.78 is 0. The third-order valence-electron chi connectivity index (χ3n) is 10.5. The summed E-state index contributed by atoms with van der Waals surface area (Å²) in [5.74, 6) is 0. The Labute approximate surface area is 305 Å². The van der Waals surface area contributed by atoms with Gasteiger partial charge in [0, 0.05) is 0 Å². The molecule has 0 unspecified atom stereocenters. The van der Waals surface area contributed by atoms with Crippen LogP contribution in [0, 0.1) is 0 Å². The first-order chi connectivity index (χ1) is 24.6. The van der Waals surface area contributed by atoms with E-state index >= 15 is 0 Å². The summed E-state index contributed by atoms with van der Waals surface area (Å²) in [4.78, 5) is 0. The molecule has 5 aromatic rings. The van der Waals surface area contributed by atoms with Crippen LogP contribution in [-0.4, -0.2) is 0 Å². The van der Waals surface area contributed by atoms with Crippen molar-refractivity contribution in [3.8, 4) is 44.5 Å². The van der Waals surface area contributed by atoms with E-state index in [0.717, 1.165) is 25.7 Å². The van der Waals surface area contributed by atoms with Crippen LogP contribution < -0.4 is 0 Å². The highest BCUT2D eigenvalue weighted by Crippen LogP contribution is 2.36. The molecule has 0 aliphatic rings. The molecule has 0 atom stereocenters. The van der Waals surface area contributed by atoms with E-state index in [9.17, 15) is 0 Å². The first-order valence-corrected chi connectivity index (χ1v) is 20.2. The van der Waals surface area contributed by atoms with Crippen molar-refractivity contribution in [2.45, 2.75) is 130 Å². The number of hydrogen-bond donors (Lipinski definition) is 0. The summed E-state index contributed by atoms with van der Waals surface area (Å²) in [5.41, 5.74) is 16.6. The zero-order valence-corrected chi connectivity index (χ0v) is 31.7. The van der Waals surface area contributed by atoms with Crippen molar-refractivity contribution in [3.63, 3.8) is 0 Å². The second kappa shape index (κ2) is 20.1. The summed E-state index contributed by atoms with van der Waals surface area (Å²) >= 11 is 0. The van der Waals surface area contributed by atoms with Crippen molar-refractivity contribution in [3.05, 3.63) is 131 Å². The van der Waals surface area contributed by atoms with Gasteiger partial charge in [-0.15, -0.1) is 0 Å². The summed E-state index contributed by atoms with van der Waals surface area (Å²) in [5, 5.41) is 0. The molecule has 0 aliphatic heterocycles. The Balaban J connectivity index is 1.49. The molecule has 0 N–H and O–H groups in total. The first-order valence-electron chi connectivity index (χ1n) is 20.2. The average Bonchev–Trinajstić information content (AvgIpc) is 3.16. The van der Waals surface area contributed by atoms with Gasteiger partial charge in [0.25, 0.3) is 0 Å². The lowest BCUT2D eigenvalue weighted by Crippen LogP contribution is -1.99. The largest absolute Gasteiger partial charge is 0.0654 e. The highest BCUT2D eigenvalue weighted by molar-refractivity contribution is 5.79. The third-order valence-corrected chi connectivity index (χ3v) is 10.5. The molecule has 0 spiro atoms. The Morgan fingerprint density at radius 3 is 0.900 bits per heavy atom. The minimum absolute atomic E-state index is 1.13. The lowest BCUT2D eigenvalue weighted by Gasteiger charge is -2.19. The van der Waals surface area contributed by atoms with E-state index in [-0.39, 0.29) is 0 Å². The smallest absolute Gasteiger partial charge is 0.0149 e. The average molecular weight is 663 g/mol. The van der Waals surface area contributed by atoms with Gasteiger partial charge in [0.2, 0.25) is 0 Å². The molecular weight excluding hydrogens is 601 g/mol. The van der Waals surface area contributed by atoms with E-state index in [4.69, 9.17) is 0 Å². The molecule has 0 saturated heterocycles. The normalized spacial score (nSPS) is 11.3. The molecular formula is C50H62. The third kappa shape index (κ3) is 10.6. The van der Waals surface area contributed by atoms with Crippen LogP contribution in [0.2, 0.25) is 0 Å². The second-order valence-electron chi connectivity index (χ2n) is 14.5. The minimum atomic E-state index is 1.13. The molecule has 0 nitrogen and oxygen atoms in total. The minimum Gasteiger partial charge on any atom is -0.0654 e. The number of hydrogen-bond acceptors (Lipinski definition) is 0. The molecule has 0 heteroatoms. The number of unbranched alkanes of at least 4 members (excludes halogenated alkanes) is 8. The van der Waals surface area contributed by atoms with Gasteiger partial charge < -0.3 is 0 Å². The fraction of sp³-hybridized carbons (Fsp3) is 0.400. The van der Waals surface area contributed by atoms with Crippen molar-refractivity contribution in [1.29, 1.82) is 0 Å². The number of benzene rings is 5. The van der Waals surface area contributed by atoms with Crippen LogP contribution in [-0.2, 0) is 25.7 Å². The molecule has 0 aliphatic carbocycles. The molecule has 50 heavy (non-hydrogen) atoms. The van der Waals surface area contributed by atoms with Crippen molar-refractivity contribution < 1.29 is 0 Å². The van der Waals surface area contributed by atoms with Crippen LogP contribution in [0.1, 0.15) is 127 Å². The number of aryl methyl sites for hydroxylation is 4. The molecule has 0 heterocycles. The van der Waals surface area contributed by atoms with Gasteiger partial charge in [-0.05, 0) is 105 Å². The van der Waals surface area contributed by atoms with Crippen LogP contribution in [0.5, 0.6) is 0 Å². The Bertz CT molecular complexity index is 1550. The van der Waals surface area contributed by atoms with Gasteiger partial charge in [0.15, 0.2) is 0 Å². The maximum absolute atomic E-state index is 2.57. The molecule has 262 valence electrons. The topological polar surface area (TPSA) is 0 Å². The summed E-state index contributed by atoms with van der Waals surface area (Å²) in [6, 6.07) is 42.3. The molecule has 0 amide bonds. The predicted octanol–water partition coefficient (Wildman–Crippen LogP) is 15.3. The molecule has 0 fully saturated rings. The van der Waals surface area contributed by atoms with Crippen molar-refractivity contribution in [1.82, 2.24) is 0 Å². The first kappa shape index (κ1) is 37.4. The standard InChI is InChI=1S/C50H62/c1-5-9-11-13-15-19-47-37-50(46-35-31-44(32-36-46)42-27-23-40(18-8-4)24-28-42)48(20-16-14-12-10-6-2)38-49(47)45-33-29-43(30-34-45)41-25-21-39(17-7-3)22-26-41/h21-38H,5-20H2,1-4H3. The van der Waals surface area contributed by atoms with Gasteiger partial charge in [-0.2, -0.15) is 0 Å². The van der Waals surface area contributed by atoms with Gasteiger partial charge >= 0.3 is 0 Å². The second-order valence-corrected chi connectivity index (χ2v) is 14.5. The van der Waals surface area contributed by atoms with Crippen LogP contribution in [0.25, 0.3) is 44.5 Å². The van der Waals surface area contributed by atoms with E-state index in [1.807, 2.05) is 0 Å². The van der Waals surface area contributed by atoms with E-state index in [0.29, 0.717) is 0 Å². The predicted molar refractivity (Wildman–Crippen MR) is 221 cm³/mol. The van der Waals surface area contributed by atoms with Crippen LogP contribution >= 0.6 is 0 Å². The SMILES string of the molecule is CCCCCCCc1cc(-c2ccc(-c3ccc(CCC)cc3)cc2)c(CCCCCCC)cc1-c1ccc(-c2ccc(CCC)cc2)cc1. The van der Waals surface area contributed by atoms with Gasteiger partial charge in [-0.25, -0.2) is 0 Å². The summed E-state index contributed by atoms with van der Waals surface area (Å²) in [6.07, 6.45) is 20.0. The van der Waals surface area contributed by atoms with Crippen LogP contribution in [0.4, 0.5) is 0 Å². The molecule has 5 aromatic carbocycles. The number of rotatable bonds is 20. The molecule has 0 radical (unpaired) electrons. The lowest BCUT2D eigenvalue weighted by atomic mass is 9.86. The molecule has 0 saturated carbocycles. The monoisotopic (exact) mass is 662 g/mol. The van der Waals surface area contributed by atoms with Gasteiger partial charge in [0.1, 0.15) is 0 Å². The van der Waals surface area contributed by atoms with Crippen molar-refractivity contribution in [2.24, 2.45) is 0 Å². The summed E-state index contributed by atoms with van der Waals surface area (Å²) in [6.45, 7) is 9.11. The molecule has 0 bridgehead atoms. The van der Waals surface area contributed by atoms with E-state index in [1.54, 1.807) is 0 Å². The maximum atomic E-state index is 2.57. The fourth-order valence-electron chi connectivity index (χ4n) is 7.47. The highest BCUT2D eigenvalue weighted by atomic mass is 14.2. The lowest BCUT2D eigenvalue weighted by molar-refractivity contribution is 0.630. The Kier molecular flexibility index (Phi) is 15.0. The van der Waals surface area contributed by atoms with E-state index in [2.05, 4.69) is 137 Å². The Hall–Kier alpha value is -3.90. The fourth-order valence-corrected chi connectivity index (χ4v) is 7.47. The molecule has 5 rings (SSSR count). The Morgan fingerprint density at radius 1 is 0.280 bits per heavy atom. The maximum Gasteiger partial charge on any atom is -0.0149 e. The zero-order valence-electron chi connectivity index (χ0n) is 31.7. The van der Waals surface area contributed by atoms with Gasteiger partial charge in [-0.3, -0.25) is 0 Å². The van der Waals surface area contributed by atoms with Gasteiger partial charge in [0.05, 0.1) is 0 Å². The molecule has 0 aromatic heterocycles. The van der Waals surface area contributed by atoms with Crippen molar-refractivity contribution in [2.75, 3.05) is 0 Å². The zero-order chi connectivity index (χ0) is 35.0.